The second-order valence-electron chi connectivity index (χ2n) is 5.73. The molecule has 29 heavy (non-hydrogen) atoms. The highest BCUT2D eigenvalue weighted by atomic mass is 79.9. The van der Waals surface area contributed by atoms with Gasteiger partial charge in [0.25, 0.3) is 17.1 Å². The fourth-order valence-corrected chi connectivity index (χ4v) is 3.49. The molecule has 0 bridgehead atoms. The first-order chi connectivity index (χ1) is 13.9. The van der Waals surface area contributed by atoms with Crippen molar-refractivity contribution in [2.24, 2.45) is 0 Å². The molecule has 0 aromatic heterocycles. The van der Waals surface area contributed by atoms with Crippen molar-refractivity contribution < 1.29 is 23.9 Å². The van der Waals surface area contributed by atoms with E-state index in [1.54, 1.807) is 42.5 Å². The van der Waals surface area contributed by atoms with E-state index in [4.69, 9.17) is 21.1 Å². The Hall–Kier alpha value is -2.49. The van der Waals surface area contributed by atoms with Gasteiger partial charge in [-0.3, -0.25) is 19.7 Å². The van der Waals surface area contributed by atoms with Gasteiger partial charge in [0.1, 0.15) is 0 Å². The molecule has 0 aliphatic carbocycles. The number of hydrogen-bond acceptors (Lipinski definition) is 6. The first-order valence-corrected chi connectivity index (χ1v) is 10.1. The lowest BCUT2D eigenvalue weighted by Crippen LogP contribution is -2.20. The van der Waals surface area contributed by atoms with Gasteiger partial charge in [-0.05, 0) is 69.7 Å². The van der Waals surface area contributed by atoms with Gasteiger partial charge in [-0.1, -0.05) is 17.7 Å². The van der Waals surface area contributed by atoms with Crippen molar-refractivity contribution in [3.8, 4) is 11.5 Å². The second-order valence-corrected chi connectivity index (χ2v) is 8.00. The number of thioether (sulfide) groups is 1. The molecule has 0 saturated carbocycles. The van der Waals surface area contributed by atoms with Crippen molar-refractivity contribution in [3.05, 3.63) is 56.4 Å². The summed E-state index contributed by atoms with van der Waals surface area (Å²) < 4.78 is 11.6. The number of carbonyl (C=O) groups excluding carboxylic acids is 3. The lowest BCUT2D eigenvalue weighted by Gasteiger charge is -2.12. The molecule has 10 heteroatoms. The molecule has 0 atom stereocenters. The maximum absolute atomic E-state index is 12.1. The van der Waals surface area contributed by atoms with Crippen molar-refractivity contribution in [2.75, 3.05) is 19.0 Å². The predicted octanol–water partition coefficient (Wildman–Crippen LogP) is 4.45. The minimum absolute atomic E-state index is 0.239. The Bertz CT molecular complexity index is 1030. The van der Waals surface area contributed by atoms with Gasteiger partial charge >= 0.3 is 0 Å². The van der Waals surface area contributed by atoms with Crippen LogP contribution in [0.15, 0.2) is 45.8 Å². The number of amides is 3. The van der Waals surface area contributed by atoms with E-state index in [2.05, 4.69) is 26.6 Å². The Morgan fingerprint density at radius 3 is 2.69 bits per heavy atom. The summed E-state index contributed by atoms with van der Waals surface area (Å²) in [6, 6.07) is 10.0. The highest BCUT2D eigenvalue weighted by molar-refractivity contribution is 9.10. The monoisotopic (exact) mass is 496 g/mol. The molecule has 1 saturated heterocycles. The van der Waals surface area contributed by atoms with Gasteiger partial charge in [-0.15, -0.1) is 0 Å². The molecule has 1 aliphatic rings. The summed E-state index contributed by atoms with van der Waals surface area (Å²) in [5.74, 6) is -0.0648. The summed E-state index contributed by atoms with van der Waals surface area (Å²) in [4.78, 5) is 35.3. The Labute approximate surface area is 183 Å². The topological polar surface area (TPSA) is 93.7 Å². The third kappa shape index (κ3) is 5.53. The number of carbonyl (C=O) groups is 3. The lowest BCUT2D eigenvalue weighted by atomic mass is 10.2. The van der Waals surface area contributed by atoms with Gasteiger partial charge in [-0.2, -0.15) is 0 Å². The number of nitrogens with one attached hydrogen (secondary N) is 2. The normalized spacial score (nSPS) is 14.7. The van der Waals surface area contributed by atoms with Crippen LogP contribution in [-0.2, 0) is 9.59 Å². The molecule has 3 amide bonds. The average Bonchev–Trinajstić information content (AvgIpc) is 3.00. The van der Waals surface area contributed by atoms with E-state index in [0.29, 0.717) is 32.7 Å². The third-order valence-electron chi connectivity index (χ3n) is 3.69. The molecule has 2 N–H and O–H groups in total. The van der Waals surface area contributed by atoms with Crippen LogP contribution in [0.3, 0.4) is 0 Å². The molecule has 1 fully saturated rings. The van der Waals surface area contributed by atoms with Gasteiger partial charge in [0.15, 0.2) is 18.1 Å². The molecule has 0 unspecified atom stereocenters. The number of imide groups is 1. The second kappa shape index (κ2) is 9.34. The van der Waals surface area contributed by atoms with Crippen molar-refractivity contribution in [2.45, 2.75) is 0 Å². The first kappa shape index (κ1) is 21.2. The molecular weight excluding hydrogens is 484 g/mol. The molecule has 1 aliphatic heterocycles. The smallest absolute Gasteiger partial charge is 0.290 e. The third-order valence-corrected chi connectivity index (χ3v) is 5.73. The summed E-state index contributed by atoms with van der Waals surface area (Å²) in [6.07, 6.45) is 1.57. The zero-order chi connectivity index (χ0) is 21.0. The molecule has 0 radical (unpaired) electrons. The van der Waals surface area contributed by atoms with E-state index < -0.39 is 11.1 Å². The highest BCUT2D eigenvalue weighted by Gasteiger charge is 2.25. The number of ether oxygens (including phenoxy) is 2. The summed E-state index contributed by atoms with van der Waals surface area (Å²) in [7, 11) is 1.46. The lowest BCUT2D eigenvalue weighted by molar-refractivity contribution is -0.118. The van der Waals surface area contributed by atoms with Gasteiger partial charge in [0, 0.05) is 10.2 Å². The quantitative estimate of drug-likeness (QED) is 0.573. The highest BCUT2D eigenvalue weighted by Crippen LogP contribution is 2.31. The Morgan fingerprint density at radius 1 is 1.24 bits per heavy atom. The van der Waals surface area contributed by atoms with Crippen LogP contribution in [0.2, 0.25) is 5.02 Å². The zero-order valence-electron chi connectivity index (χ0n) is 15.0. The van der Waals surface area contributed by atoms with Crippen molar-refractivity contribution >= 4 is 68.1 Å². The Morgan fingerprint density at radius 2 is 2.03 bits per heavy atom. The van der Waals surface area contributed by atoms with Gasteiger partial charge in [-0.25, -0.2) is 0 Å². The van der Waals surface area contributed by atoms with E-state index >= 15 is 0 Å². The summed E-state index contributed by atoms with van der Waals surface area (Å²) in [6.45, 7) is -0.239. The zero-order valence-corrected chi connectivity index (χ0v) is 18.1. The maximum Gasteiger partial charge on any atom is 0.290 e. The summed E-state index contributed by atoms with van der Waals surface area (Å²) >= 11 is 10.1. The summed E-state index contributed by atoms with van der Waals surface area (Å²) in [5.41, 5.74) is 1.19. The molecule has 0 spiro atoms. The molecule has 150 valence electrons. The number of hydrogen-bond donors (Lipinski definition) is 2. The van der Waals surface area contributed by atoms with E-state index in [1.165, 1.54) is 7.11 Å². The van der Waals surface area contributed by atoms with E-state index in [0.717, 1.165) is 16.2 Å². The van der Waals surface area contributed by atoms with Gasteiger partial charge < -0.3 is 14.8 Å². The van der Waals surface area contributed by atoms with Gasteiger partial charge in [0.05, 0.1) is 17.0 Å². The molecule has 1 heterocycles. The number of anilines is 1. The van der Waals surface area contributed by atoms with Crippen LogP contribution in [0, 0.1) is 0 Å². The fourth-order valence-electron chi connectivity index (χ4n) is 2.38. The van der Waals surface area contributed by atoms with E-state index in [1.807, 2.05) is 0 Å². The van der Waals surface area contributed by atoms with Crippen LogP contribution in [0.25, 0.3) is 6.08 Å². The minimum Gasteiger partial charge on any atom is -0.493 e. The molecule has 3 rings (SSSR count). The standard InChI is InChI=1S/C19H14BrClN2O5S/c1-27-15-6-10(7-16-18(25)23-19(26)29-16)2-5-14(15)28-9-17(24)22-11-3-4-12(20)13(21)8-11/h2-8H,9H2,1H3,(H,22,24)(H,23,25,26)/b16-7-. The summed E-state index contributed by atoms with van der Waals surface area (Å²) in [5, 5.41) is 4.95. The van der Waals surface area contributed by atoms with Crippen molar-refractivity contribution in [1.82, 2.24) is 5.32 Å². The SMILES string of the molecule is COc1cc(/C=C2\SC(=O)NC2=O)ccc1OCC(=O)Nc1ccc(Br)c(Cl)c1. The molecule has 2 aromatic carbocycles. The van der Waals surface area contributed by atoms with Crippen LogP contribution in [-0.4, -0.2) is 30.8 Å². The Kier molecular flexibility index (Phi) is 6.83. The largest absolute Gasteiger partial charge is 0.493 e. The number of halogens is 2. The van der Waals surface area contributed by atoms with Crippen LogP contribution in [0.1, 0.15) is 5.56 Å². The van der Waals surface area contributed by atoms with Crippen LogP contribution in [0.5, 0.6) is 11.5 Å². The Balaban J connectivity index is 1.65. The predicted molar refractivity (Wildman–Crippen MR) is 115 cm³/mol. The minimum atomic E-state index is -0.441. The van der Waals surface area contributed by atoms with Crippen LogP contribution < -0.4 is 20.1 Å². The van der Waals surface area contributed by atoms with Crippen LogP contribution >= 0.6 is 39.3 Å². The number of rotatable bonds is 6. The first-order valence-electron chi connectivity index (χ1n) is 8.16. The fraction of sp³-hybridized carbons (Fsp3) is 0.105. The molecular formula is C19H14BrClN2O5S. The van der Waals surface area contributed by atoms with Gasteiger partial charge in [0.2, 0.25) is 0 Å². The van der Waals surface area contributed by atoms with Crippen molar-refractivity contribution in [1.29, 1.82) is 0 Å². The molecule has 7 nitrogen and oxygen atoms in total. The van der Waals surface area contributed by atoms with E-state index in [-0.39, 0.29) is 12.5 Å². The van der Waals surface area contributed by atoms with Crippen LogP contribution in [0.4, 0.5) is 10.5 Å². The number of methoxy groups -OCH3 is 1. The maximum atomic E-state index is 12.1. The molecule has 2 aromatic rings. The van der Waals surface area contributed by atoms with Crippen molar-refractivity contribution in [3.63, 3.8) is 0 Å². The van der Waals surface area contributed by atoms with E-state index in [9.17, 15) is 14.4 Å². The average molecular weight is 498 g/mol. The number of benzene rings is 2.